The summed E-state index contributed by atoms with van der Waals surface area (Å²) < 4.78 is 2.62. The van der Waals surface area contributed by atoms with Crippen molar-refractivity contribution in [2.45, 2.75) is 32.4 Å². The van der Waals surface area contributed by atoms with Gasteiger partial charge in [-0.05, 0) is 43.0 Å². The molecule has 1 saturated heterocycles. The Hall–Kier alpha value is -2.22. The molecule has 3 heterocycles. The zero-order chi connectivity index (χ0) is 14.7. The molecule has 0 N–H and O–H groups in total. The Labute approximate surface area is 131 Å². The fraction of sp³-hybridized carbons (Fsp3) is 0.300. The van der Waals surface area contributed by atoms with Crippen LogP contribution in [0, 0.1) is 6.92 Å². The molecule has 5 rings (SSSR count). The number of hydrogen-bond donors (Lipinski definition) is 0. The molecule has 2 aromatic carbocycles. The minimum absolute atomic E-state index is 0.484. The van der Waals surface area contributed by atoms with Gasteiger partial charge in [0, 0.05) is 29.7 Å². The highest BCUT2D eigenvalue weighted by Crippen LogP contribution is 2.43. The molecule has 2 aliphatic rings. The number of aromatic nitrogens is 1. The third kappa shape index (κ3) is 1.50. The first-order valence-electron chi connectivity index (χ1n) is 8.27. The summed E-state index contributed by atoms with van der Waals surface area (Å²) in [6, 6.07) is 17.9. The highest BCUT2D eigenvalue weighted by molar-refractivity contribution is 5.86. The van der Waals surface area contributed by atoms with E-state index < -0.39 is 0 Å². The number of benzene rings is 2. The van der Waals surface area contributed by atoms with Gasteiger partial charge in [-0.1, -0.05) is 36.4 Å². The van der Waals surface area contributed by atoms with Crippen LogP contribution in [-0.4, -0.2) is 11.1 Å². The van der Waals surface area contributed by atoms with Crippen molar-refractivity contribution in [3.63, 3.8) is 0 Å². The second-order valence-corrected chi connectivity index (χ2v) is 6.58. The quantitative estimate of drug-likeness (QED) is 0.584. The van der Waals surface area contributed by atoms with Crippen molar-refractivity contribution >= 4 is 16.6 Å². The van der Waals surface area contributed by atoms with Crippen LogP contribution in [0.2, 0.25) is 0 Å². The van der Waals surface area contributed by atoms with Gasteiger partial charge in [-0.25, -0.2) is 0 Å². The second kappa shape index (κ2) is 4.39. The van der Waals surface area contributed by atoms with Crippen LogP contribution in [0.5, 0.6) is 0 Å². The summed E-state index contributed by atoms with van der Waals surface area (Å²) in [6.07, 6.45) is 4.06. The summed E-state index contributed by atoms with van der Waals surface area (Å²) in [5.74, 6) is 0. The predicted octanol–water partition coefficient (Wildman–Crippen LogP) is 4.65. The highest BCUT2D eigenvalue weighted by Gasteiger charge is 2.33. The zero-order valence-corrected chi connectivity index (χ0v) is 12.9. The largest absolute Gasteiger partial charge is 0.351 e. The summed E-state index contributed by atoms with van der Waals surface area (Å²) in [5, 5.41) is 1.42. The molecule has 2 heteroatoms. The fourth-order valence-corrected chi connectivity index (χ4v) is 4.46. The lowest BCUT2D eigenvalue weighted by Crippen LogP contribution is -2.26. The normalized spacial score (nSPS) is 19.7. The first-order chi connectivity index (χ1) is 10.8. The standard InChI is InChI=1S/C20H20N2/c1-14-16-8-3-5-10-18(16)22-19(14)13-15-7-2-4-9-17(15)21-12-6-11-20(21)22/h2-5,7-10,20H,6,11-13H2,1H3/t20-/m1/s1. The van der Waals surface area contributed by atoms with Gasteiger partial charge in [0.15, 0.2) is 0 Å². The smallest absolute Gasteiger partial charge is 0.106 e. The number of aryl methyl sites for hydroxylation is 1. The Morgan fingerprint density at radius 1 is 1.00 bits per heavy atom. The van der Waals surface area contributed by atoms with Crippen molar-refractivity contribution in [1.82, 2.24) is 4.57 Å². The summed E-state index contributed by atoms with van der Waals surface area (Å²) in [6.45, 7) is 3.47. The van der Waals surface area contributed by atoms with E-state index in [1.165, 1.54) is 52.8 Å². The van der Waals surface area contributed by atoms with Crippen molar-refractivity contribution in [3.8, 4) is 0 Å². The maximum atomic E-state index is 2.62. The summed E-state index contributed by atoms with van der Waals surface area (Å²) in [5.41, 5.74) is 7.28. The van der Waals surface area contributed by atoms with Gasteiger partial charge in [-0.2, -0.15) is 0 Å². The van der Waals surface area contributed by atoms with Crippen molar-refractivity contribution in [2.24, 2.45) is 0 Å². The van der Waals surface area contributed by atoms with Crippen LogP contribution in [-0.2, 0) is 6.42 Å². The van der Waals surface area contributed by atoms with Gasteiger partial charge in [0.1, 0.15) is 6.17 Å². The molecule has 0 spiro atoms. The second-order valence-electron chi connectivity index (χ2n) is 6.58. The van der Waals surface area contributed by atoms with E-state index in [1.54, 1.807) is 0 Å². The lowest BCUT2D eigenvalue weighted by atomic mass is 10.0. The van der Waals surface area contributed by atoms with Crippen molar-refractivity contribution in [2.75, 3.05) is 11.4 Å². The maximum absolute atomic E-state index is 2.62. The molecule has 1 atom stereocenters. The highest BCUT2D eigenvalue weighted by atomic mass is 15.3. The molecule has 0 radical (unpaired) electrons. The Kier molecular flexibility index (Phi) is 2.46. The molecular weight excluding hydrogens is 268 g/mol. The molecule has 0 unspecified atom stereocenters. The van der Waals surface area contributed by atoms with Gasteiger partial charge in [-0.3, -0.25) is 0 Å². The molecule has 110 valence electrons. The van der Waals surface area contributed by atoms with Crippen molar-refractivity contribution < 1.29 is 0 Å². The summed E-state index contributed by atoms with van der Waals surface area (Å²) in [7, 11) is 0. The van der Waals surface area contributed by atoms with Crippen LogP contribution in [0.3, 0.4) is 0 Å². The van der Waals surface area contributed by atoms with Gasteiger partial charge in [0.25, 0.3) is 0 Å². The van der Waals surface area contributed by atoms with E-state index in [-0.39, 0.29) is 0 Å². The first-order valence-corrected chi connectivity index (χ1v) is 8.27. The monoisotopic (exact) mass is 288 g/mol. The van der Waals surface area contributed by atoms with Gasteiger partial charge in [0.05, 0.1) is 5.52 Å². The number of rotatable bonds is 0. The lowest BCUT2D eigenvalue weighted by molar-refractivity contribution is 0.529. The topological polar surface area (TPSA) is 8.17 Å². The van der Waals surface area contributed by atoms with E-state index in [9.17, 15) is 0 Å². The third-order valence-electron chi connectivity index (χ3n) is 5.47. The van der Waals surface area contributed by atoms with Gasteiger partial charge in [0.2, 0.25) is 0 Å². The van der Waals surface area contributed by atoms with Crippen LogP contribution in [0.1, 0.15) is 35.8 Å². The molecule has 2 aliphatic heterocycles. The molecule has 1 fully saturated rings. The average Bonchev–Trinajstić information content (AvgIpc) is 3.09. The number of fused-ring (bicyclic) bond motifs is 7. The average molecular weight is 288 g/mol. The van der Waals surface area contributed by atoms with Gasteiger partial charge >= 0.3 is 0 Å². The van der Waals surface area contributed by atoms with Crippen molar-refractivity contribution in [3.05, 3.63) is 65.4 Å². The van der Waals surface area contributed by atoms with E-state index in [4.69, 9.17) is 0 Å². The minimum atomic E-state index is 0.484. The van der Waals surface area contributed by atoms with Crippen LogP contribution in [0.15, 0.2) is 48.5 Å². The van der Waals surface area contributed by atoms with Gasteiger partial charge in [-0.15, -0.1) is 0 Å². The number of hydrogen-bond acceptors (Lipinski definition) is 1. The molecule has 0 aliphatic carbocycles. The molecule has 0 amide bonds. The summed E-state index contributed by atoms with van der Waals surface area (Å²) >= 11 is 0. The molecule has 2 nitrogen and oxygen atoms in total. The van der Waals surface area contributed by atoms with Crippen molar-refractivity contribution in [1.29, 1.82) is 0 Å². The maximum Gasteiger partial charge on any atom is 0.106 e. The van der Waals surface area contributed by atoms with E-state index in [0.29, 0.717) is 6.17 Å². The van der Waals surface area contributed by atoms with Crippen LogP contribution >= 0.6 is 0 Å². The Morgan fingerprint density at radius 2 is 1.82 bits per heavy atom. The molecular formula is C20H20N2. The van der Waals surface area contributed by atoms with Crippen LogP contribution in [0.25, 0.3) is 10.9 Å². The minimum Gasteiger partial charge on any atom is -0.351 e. The number of anilines is 1. The van der Waals surface area contributed by atoms with Crippen LogP contribution in [0.4, 0.5) is 5.69 Å². The SMILES string of the molecule is Cc1c2n(c3ccccc13)[C@@H]1CCCN1c1ccccc1C2. The van der Waals surface area contributed by atoms with E-state index >= 15 is 0 Å². The number of para-hydroxylation sites is 2. The molecule has 3 aromatic rings. The Bertz CT molecular complexity index is 875. The molecule has 0 saturated carbocycles. The third-order valence-corrected chi connectivity index (χ3v) is 5.47. The zero-order valence-electron chi connectivity index (χ0n) is 12.9. The van der Waals surface area contributed by atoms with Gasteiger partial charge < -0.3 is 9.47 Å². The molecule has 22 heavy (non-hydrogen) atoms. The summed E-state index contributed by atoms with van der Waals surface area (Å²) in [4.78, 5) is 2.62. The Balaban J connectivity index is 1.86. The molecule has 0 bridgehead atoms. The van der Waals surface area contributed by atoms with E-state index in [1.807, 2.05) is 0 Å². The van der Waals surface area contributed by atoms with Crippen LogP contribution < -0.4 is 4.90 Å². The first kappa shape index (κ1) is 12.3. The predicted molar refractivity (Wildman–Crippen MR) is 91.5 cm³/mol. The van der Waals surface area contributed by atoms with E-state index in [0.717, 1.165) is 6.42 Å². The fourth-order valence-electron chi connectivity index (χ4n) is 4.46. The number of nitrogens with zero attached hydrogens (tertiary/aromatic N) is 2. The lowest BCUT2D eigenvalue weighted by Gasteiger charge is -2.28. The Morgan fingerprint density at radius 3 is 2.77 bits per heavy atom. The molecule has 1 aromatic heterocycles. The van der Waals surface area contributed by atoms with E-state index in [2.05, 4.69) is 64.9 Å².